The van der Waals surface area contributed by atoms with Gasteiger partial charge in [0.05, 0.1) is 5.69 Å². The number of nitrogens with zero attached hydrogens (tertiary/aromatic N) is 4. The van der Waals surface area contributed by atoms with E-state index < -0.39 is 11.4 Å². The van der Waals surface area contributed by atoms with Crippen LogP contribution in [0.3, 0.4) is 0 Å². The molecule has 152 valence electrons. The second-order valence-electron chi connectivity index (χ2n) is 7.33. The molecule has 0 unspecified atom stereocenters. The van der Waals surface area contributed by atoms with Crippen LogP contribution in [0.4, 0.5) is 21.6 Å². The van der Waals surface area contributed by atoms with Gasteiger partial charge in [-0.3, -0.25) is 9.69 Å². The maximum Gasteiger partial charge on any atom is 0.272 e. The van der Waals surface area contributed by atoms with Crippen LogP contribution in [0.25, 0.3) is 4.85 Å². The number of carbonyl (C=O) groups excluding carboxylic acids is 1. The first-order valence-electron chi connectivity index (χ1n) is 9.38. The monoisotopic (exact) mass is 439 g/mol. The molecule has 9 heteroatoms. The van der Waals surface area contributed by atoms with Crippen molar-refractivity contribution in [1.29, 1.82) is 0 Å². The second-order valence-corrected chi connectivity index (χ2v) is 8.11. The number of rotatable bonds is 3. The van der Waals surface area contributed by atoms with Gasteiger partial charge in [0.25, 0.3) is 11.7 Å². The average molecular weight is 440 g/mol. The van der Waals surface area contributed by atoms with E-state index in [-0.39, 0.29) is 16.8 Å². The number of aromatic nitrogens is 1. The Morgan fingerprint density at radius 3 is 2.60 bits per heavy atom. The Bertz CT molecular complexity index is 1140. The molecular formula is C21H18FN5OS2. The highest BCUT2D eigenvalue weighted by Crippen LogP contribution is 2.48. The smallest absolute Gasteiger partial charge is 0.272 e. The van der Waals surface area contributed by atoms with E-state index in [1.807, 2.05) is 0 Å². The van der Waals surface area contributed by atoms with Crippen LogP contribution < -0.4 is 15.1 Å². The first-order valence-corrected chi connectivity index (χ1v) is 10.2. The summed E-state index contributed by atoms with van der Waals surface area (Å²) in [5.41, 5.74) is 1.16. The Labute approximate surface area is 184 Å². The topological polar surface area (TPSA) is 52.8 Å². The summed E-state index contributed by atoms with van der Waals surface area (Å²) >= 11 is 10.8. The van der Waals surface area contributed by atoms with E-state index in [0.717, 1.165) is 6.42 Å². The van der Waals surface area contributed by atoms with Crippen molar-refractivity contribution in [3.05, 3.63) is 58.8 Å². The molecule has 30 heavy (non-hydrogen) atoms. The van der Waals surface area contributed by atoms with Crippen molar-refractivity contribution < 1.29 is 9.18 Å². The summed E-state index contributed by atoms with van der Waals surface area (Å²) in [6.07, 6.45) is 3.63. The number of halogens is 1. The van der Waals surface area contributed by atoms with E-state index in [4.69, 9.17) is 31.0 Å². The lowest BCUT2D eigenvalue weighted by atomic mass is 9.75. The number of nitrogens with one attached hydrogen (secondary N) is 1. The Kier molecular flexibility index (Phi) is 5.00. The third-order valence-electron chi connectivity index (χ3n) is 5.68. The third-order valence-corrected chi connectivity index (χ3v) is 6.46. The molecular weight excluding hydrogens is 421 g/mol. The lowest BCUT2D eigenvalue weighted by Gasteiger charge is -2.43. The number of aryl methyl sites for hydroxylation is 1. The fourth-order valence-electron chi connectivity index (χ4n) is 3.96. The summed E-state index contributed by atoms with van der Waals surface area (Å²) in [5, 5.41) is 3.05. The molecule has 1 aromatic carbocycles. The van der Waals surface area contributed by atoms with Crippen LogP contribution >= 0.6 is 24.4 Å². The average Bonchev–Trinajstić information content (AvgIpc) is 2.94. The Hall–Kier alpha value is -2.96. The normalized spacial score (nSPS) is 17.1. The molecule has 1 saturated carbocycles. The van der Waals surface area contributed by atoms with Crippen LogP contribution in [-0.4, -0.2) is 33.6 Å². The number of pyridine rings is 1. The van der Waals surface area contributed by atoms with Crippen LogP contribution in [0, 0.1) is 19.3 Å². The number of amides is 1. The zero-order valence-corrected chi connectivity index (χ0v) is 18.0. The maximum atomic E-state index is 14.8. The number of thiocarbonyl (C=S) groups is 2. The van der Waals surface area contributed by atoms with Gasteiger partial charge in [0.15, 0.2) is 5.11 Å². The summed E-state index contributed by atoms with van der Waals surface area (Å²) in [4.78, 5) is 24.5. The molecule has 2 aromatic rings. The quantitative estimate of drug-likeness (QED) is 0.576. The fraction of sp³-hybridized carbons (Fsp3) is 0.286. The second kappa shape index (κ2) is 7.38. The summed E-state index contributed by atoms with van der Waals surface area (Å²) in [5.74, 6) is -0.343. The molecule has 1 aliphatic carbocycles. The first kappa shape index (κ1) is 20.3. The predicted molar refractivity (Wildman–Crippen MR) is 122 cm³/mol. The van der Waals surface area contributed by atoms with Crippen LogP contribution in [0.5, 0.6) is 0 Å². The van der Waals surface area contributed by atoms with Gasteiger partial charge in [-0.1, -0.05) is 18.8 Å². The van der Waals surface area contributed by atoms with Crippen molar-refractivity contribution >= 4 is 57.6 Å². The SMILES string of the molecule is [C-]#[N+]c1ncc(N2C(=O)C3(CCC3)N(c3ccc(C(=S)NC)c(F)c3)C2=S)cc1C. The Morgan fingerprint density at radius 2 is 2.07 bits per heavy atom. The largest absolute Gasteiger partial charge is 0.379 e. The van der Waals surface area contributed by atoms with Crippen LogP contribution in [0.2, 0.25) is 0 Å². The van der Waals surface area contributed by atoms with Crippen molar-refractivity contribution in [3.8, 4) is 0 Å². The van der Waals surface area contributed by atoms with Crippen molar-refractivity contribution in [2.24, 2.45) is 0 Å². The molecule has 4 rings (SSSR count). The highest BCUT2D eigenvalue weighted by Gasteiger charge is 2.59. The molecule has 6 nitrogen and oxygen atoms in total. The molecule has 2 fully saturated rings. The van der Waals surface area contributed by atoms with Gasteiger partial charge in [-0.15, -0.1) is 4.98 Å². The van der Waals surface area contributed by atoms with Crippen LogP contribution in [0.15, 0.2) is 30.5 Å². The fourth-order valence-corrected chi connectivity index (χ4v) is 4.60. The lowest BCUT2D eigenvalue weighted by molar-refractivity contribution is -0.123. The van der Waals surface area contributed by atoms with Gasteiger partial charge in [-0.2, -0.15) is 0 Å². The number of carbonyl (C=O) groups is 1. The molecule has 1 aliphatic heterocycles. The van der Waals surface area contributed by atoms with E-state index in [9.17, 15) is 9.18 Å². The summed E-state index contributed by atoms with van der Waals surface area (Å²) in [7, 11) is 1.64. The molecule has 1 aromatic heterocycles. The van der Waals surface area contributed by atoms with Gasteiger partial charge in [0.2, 0.25) is 0 Å². The van der Waals surface area contributed by atoms with Crippen molar-refractivity contribution in [2.45, 2.75) is 31.7 Å². The standard InChI is InChI=1S/C21H18FN5OS2/c1-12-9-14(11-25-17(12)23-2)26-19(28)21(7-4-8-21)27(20(26)30)13-5-6-15(16(22)10-13)18(29)24-3/h5-6,9-11H,4,7-8H2,1,3H3,(H,24,29). The minimum Gasteiger partial charge on any atom is -0.379 e. The maximum absolute atomic E-state index is 14.8. The molecule has 2 heterocycles. The van der Waals surface area contributed by atoms with Gasteiger partial charge in [-0.05, 0) is 68.2 Å². The summed E-state index contributed by atoms with van der Waals surface area (Å²) in [6, 6.07) is 6.43. The molecule has 1 amide bonds. The van der Waals surface area contributed by atoms with Gasteiger partial charge >= 0.3 is 0 Å². The van der Waals surface area contributed by atoms with Gasteiger partial charge in [0, 0.05) is 18.3 Å². The molecule has 1 N–H and O–H groups in total. The van der Waals surface area contributed by atoms with Gasteiger partial charge in [0.1, 0.15) is 22.5 Å². The number of hydrogen-bond donors (Lipinski definition) is 1. The van der Waals surface area contributed by atoms with Gasteiger partial charge in [-0.25, -0.2) is 4.39 Å². The van der Waals surface area contributed by atoms with E-state index >= 15 is 0 Å². The van der Waals surface area contributed by atoms with Crippen molar-refractivity contribution in [3.63, 3.8) is 0 Å². The molecule has 2 aliphatic rings. The number of hydrogen-bond acceptors (Lipinski definition) is 4. The number of benzene rings is 1. The van der Waals surface area contributed by atoms with E-state index in [1.54, 1.807) is 37.1 Å². The summed E-state index contributed by atoms with van der Waals surface area (Å²) < 4.78 is 14.8. The zero-order valence-electron chi connectivity index (χ0n) is 16.4. The molecule has 1 saturated heterocycles. The number of anilines is 2. The van der Waals surface area contributed by atoms with Crippen LogP contribution in [-0.2, 0) is 4.79 Å². The Balaban J connectivity index is 1.78. The molecule has 1 spiro atoms. The predicted octanol–water partition coefficient (Wildman–Crippen LogP) is 4.04. The lowest BCUT2D eigenvalue weighted by Crippen LogP contribution is -2.55. The van der Waals surface area contributed by atoms with E-state index in [0.29, 0.717) is 40.3 Å². The highest BCUT2D eigenvalue weighted by atomic mass is 32.1. The molecule has 0 atom stereocenters. The zero-order chi connectivity index (χ0) is 21.6. The van der Waals surface area contributed by atoms with E-state index in [2.05, 4.69) is 15.1 Å². The van der Waals surface area contributed by atoms with Crippen molar-refractivity contribution in [1.82, 2.24) is 10.3 Å². The van der Waals surface area contributed by atoms with Crippen LogP contribution in [0.1, 0.15) is 30.4 Å². The molecule has 0 bridgehead atoms. The minimum atomic E-state index is -0.819. The minimum absolute atomic E-state index is 0.147. The highest BCUT2D eigenvalue weighted by molar-refractivity contribution is 7.81. The third kappa shape index (κ3) is 2.87. The van der Waals surface area contributed by atoms with Gasteiger partial charge < -0.3 is 15.1 Å². The van der Waals surface area contributed by atoms with Crippen molar-refractivity contribution in [2.75, 3.05) is 16.8 Å². The Morgan fingerprint density at radius 1 is 1.33 bits per heavy atom. The summed E-state index contributed by atoms with van der Waals surface area (Å²) in [6.45, 7) is 8.94. The first-order chi connectivity index (χ1) is 14.3. The van der Waals surface area contributed by atoms with E-state index in [1.165, 1.54) is 17.2 Å². The molecule has 0 radical (unpaired) electrons.